The van der Waals surface area contributed by atoms with Gasteiger partial charge in [-0.05, 0) is 51.0 Å². The van der Waals surface area contributed by atoms with E-state index in [2.05, 4.69) is 5.32 Å². The van der Waals surface area contributed by atoms with Crippen molar-refractivity contribution in [1.29, 1.82) is 0 Å². The Kier molecular flexibility index (Phi) is 6.28. The smallest absolute Gasteiger partial charge is 0.220 e. The maximum atomic E-state index is 11.0. The topological polar surface area (TPSA) is 55.1 Å². The standard InChI is InChI=1S/C13H24N2O.ClH/c14-13(16)11-7-5-10(6-8-11)9-15-12-3-1-2-4-12;/h10-12,15H,1-9H2,(H2,14,16);1H. The van der Waals surface area contributed by atoms with Crippen molar-refractivity contribution in [1.82, 2.24) is 5.32 Å². The van der Waals surface area contributed by atoms with Crippen LogP contribution in [0.3, 0.4) is 0 Å². The van der Waals surface area contributed by atoms with Crippen molar-refractivity contribution in [2.24, 2.45) is 17.6 Å². The minimum Gasteiger partial charge on any atom is -0.369 e. The molecular formula is C13H25ClN2O. The average Bonchev–Trinajstić information content (AvgIpc) is 2.80. The first-order chi connectivity index (χ1) is 7.75. The van der Waals surface area contributed by atoms with Crippen molar-refractivity contribution in [3.8, 4) is 0 Å². The summed E-state index contributed by atoms with van der Waals surface area (Å²) in [6, 6.07) is 0.772. The first-order valence-electron chi connectivity index (χ1n) is 6.78. The van der Waals surface area contributed by atoms with E-state index in [4.69, 9.17) is 5.73 Å². The Labute approximate surface area is 110 Å². The lowest BCUT2D eigenvalue weighted by molar-refractivity contribution is -0.122. The van der Waals surface area contributed by atoms with E-state index in [1.54, 1.807) is 0 Å². The predicted octanol–water partition coefficient (Wildman–Crippen LogP) is 2.23. The molecule has 0 unspecified atom stereocenters. The van der Waals surface area contributed by atoms with Crippen LogP contribution in [0.15, 0.2) is 0 Å². The zero-order valence-corrected chi connectivity index (χ0v) is 11.3. The van der Waals surface area contributed by atoms with Gasteiger partial charge in [-0.3, -0.25) is 4.79 Å². The van der Waals surface area contributed by atoms with Crippen LogP contribution in [0.5, 0.6) is 0 Å². The first kappa shape index (κ1) is 14.8. The quantitative estimate of drug-likeness (QED) is 0.815. The lowest BCUT2D eigenvalue weighted by Crippen LogP contribution is -2.35. The van der Waals surface area contributed by atoms with Gasteiger partial charge in [-0.25, -0.2) is 0 Å². The number of primary amides is 1. The molecular weight excluding hydrogens is 236 g/mol. The Hall–Kier alpha value is -0.280. The van der Waals surface area contributed by atoms with Crippen molar-refractivity contribution in [2.75, 3.05) is 6.54 Å². The molecule has 2 aliphatic carbocycles. The van der Waals surface area contributed by atoms with Crippen molar-refractivity contribution in [3.05, 3.63) is 0 Å². The van der Waals surface area contributed by atoms with Crippen LogP contribution in [-0.2, 0) is 4.79 Å². The molecule has 0 aromatic rings. The van der Waals surface area contributed by atoms with Gasteiger partial charge in [0.2, 0.25) is 5.91 Å². The number of hydrogen-bond donors (Lipinski definition) is 2. The molecule has 2 aliphatic rings. The number of hydrogen-bond acceptors (Lipinski definition) is 2. The molecule has 0 atom stereocenters. The molecule has 17 heavy (non-hydrogen) atoms. The molecule has 3 N–H and O–H groups in total. The molecule has 1 amide bonds. The highest BCUT2D eigenvalue weighted by molar-refractivity contribution is 5.85. The van der Waals surface area contributed by atoms with Gasteiger partial charge in [-0.2, -0.15) is 0 Å². The van der Waals surface area contributed by atoms with Crippen LogP contribution >= 0.6 is 12.4 Å². The Morgan fingerprint density at radius 1 is 1.06 bits per heavy atom. The normalized spacial score (nSPS) is 29.9. The number of rotatable bonds is 4. The summed E-state index contributed by atoms with van der Waals surface area (Å²) in [5.74, 6) is 0.834. The molecule has 2 fully saturated rings. The van der Waals surface area contributed by atoms with Crippen LogP contribution in [-0.4, -0.2) is 18.5 Å². The molecule has 3 nitrogen and oxygen atoms in total. The lowest BCUT2D eigenvalue weighted by Gasteiger charge is -2.27. The summed E-state index contributed by atoms with van der Waals surface area (Å²) in [7, 11) is 0. The van der Waals surface area contributed by atoms with Crippen LogP contribution in [0.2, 0.25) is 0 Å². The highest BCUT2D eigenvalue weighted by atomic mass is 35.5. The number of carbonyl (C=O) groups is 1. The second-order valence-corrected chi connectivity index (χ2v) is 5.51. The molecule has 0 aromatic heterocycles. The maximum Gasteiger partial charge on any atom is 0.220 e. The summed E-state index contributed by atoms with van der Waals surface area (Å²) < 4.78 is 0. The maximum absolute atomic E-state index is 11.0. The summed E-state index contributed by atoms with van der Waals surface area (Å²) in [5.41, 5.74) is 5.33. The fourth-order valence-corrected chi connectivity index (χ4v) is 3.11. The minimum absolute atomic E-state index is 0. The Morgan fingerprint density at radius 3 is 2.18 bits per heavy atom. The Morgan fingerprint density at radius 2 is 1.65 bits per heavy atom. The monoisotopic (exact) mass is 260 g/mol. The van der Waals surface area contributed by atoms with E-state index in [0.29, 0.717) is 0 Å². The molecule has 4 heteroatoms. The Bertz CT molecular complexity index is 234. The summed E-state index contributed by atoms with van der Waals surface area (Å²) >= 11 is 0. The van der Waals surface area contributed by atoms with E-state index in [0.717, 1.165) is 31.3 Å². The number of nitrogens with two attached hydrogens (primary N) is 1. The van der Waals surface area contributed by atoms with Gasteiger partial charge < -0.3 is 11.1 Å². The predicted molar refractivity (Wildman–Crippen MR) is 72.1 cm³/mol. The second kappa shape index (κ2) is 7.22. The fourth-order valence-electron chi connectivity index (χ4n) is 3.11. The average molecular weight is 261 g/mol. The van der Waals surface area contributed by atoms with Gasteiger partial charge in [-0.15, -0.1) is 12.4 Å². The molecule has 0 heterocycles. The number of amides is 1. The molecule has 0 aliphatic heterocycles. The second-order valence-electron chi connectivity index (χ2n) is 5.51. The zero-order valence-electron chi connectivity index (χ0n) is 10.5. The SMILES string of the molecule is Cl.NC(=O)C1CCC(CNC2CCCC2)CC1. The van der Waals surface area contributed by atoms with Gasteiger partial charge in [-0.1, -0.05) is 12.8 Å². The van der Waals surface area contributed by atoms with Gasteiger partial charge >= 0.3 is 0 Å². The van der Waals surface area contributed by atoms with E-state index in [9.17, 15) is 4.79 Å². The van der Waals surface area contributed by atoms with Gasteiger partial charge in [0.1, 0.15) is 0 Å². The zero-order chi connectivity index (χ0) is 11.4. The molecule has 2 rings (SSSR count). The number of halogens is 1. The van der Waals surface area contributed by atoms with E-state index in [1.807, 2.05) is 0 Å². The van der Waals surface area contributed by atoms with Gasteiger partial charge in [0.05, 0.1) is 0 Å². The fraction of sp³-hybridized carbons (Fsp3) is 0.923. The molecule has 0 radical (unpaired) electrons. The molecule has 0 saturated heterocycles. The number of carbonyl (C=O) groups excluding carboxylic acids is 1. The highest BCUT2D eigenvalue weighted by Gasteiger charge is 2.25. The van der Waals surface area contributed by atoms with E-state index in [-0.39, 0.29) is 24.2 Å². The van der Waals surface area contributed by atoms with E-state index in [1.165, 1.54) is 38.5 Å². The summed E-state index contributed by atoms with van der Waals surface area (Å²) in [6.45, 7) is 1.15. The van der Waals surface area contributed by atoms with Crippen LogP contribution in [0.25, 0.3) is 0 Å². The summed E-state index contributed by atoms with van der Waals surface area (Å²) in [4.78, 5) is 11.0. The van der Waals surface area contributed by atoms with Crippen LogP contribution in [0.1, 0.15) is 51.4 Å². The molecule has 2 saturated carbocycles. The molecule has 0 aromatic carbocycles. The van der Waals surface area contributed by atoms with E-state index >= 15 is 0 Å². The summed E-state index contributed by atoms with van der Waals surface area (Å²) in [5, 5.41) is 3.68. The Balaban J connectivity index is 0.00000144. The van der Waals surface area contributed by atoms with Crippen LogP contribution in [0, 0.1) is 11.8 Å². The van der Waals surface area contributed by atoms with Crippen LogP contribution in [0.4, 0.5) is 0 Å². The van der Waals surface area contributed by atoms with Crippen molar-refractivity contribution >= 4 is 18.3 Å². The first-order valence-corrected chi connectivity index (χ1v) is 6.78. The third kappa shape index (κ3) is 4.47. The number of nitrogens with one attached hydrogen (secondary N) is 1. The third-order valence-corrected chi connectivity index (χ3v) is 4.30. The summed E-state index contributed by atoms with van der Waals surface area (Å²) in [6.07, 6.45) is 9.87. The van der Waals surface area contributed by atoms with Gasteiger partial charge in [0.15, 0.2) is 0 Å². The third-order valence-electron chi connectivity index (χ3n) is 4.30. The largest absolute Gasteiger partial charge is 0.369 e. The molecule has 0 spiro atoms. The van der Waals surface area contributed by atoms with E-state index < -0.39 is 0 Å². The van der Waals surface area contributed by atoms with Crippen molar-refractivity contribution in [2.45, 2.75) is 57.4 Å². The van der Waals surface area contributed by atoms with Crippen molar-refractivity contribution < 1.29 is 4.79 Å². The lowest BCUT2D eigenvalue weighted by atomic mass is 9.81. The van der Waals surface area contributed by atoms with Crippen molar-refractivity contribution in [3.63, 3.8) is 0 Å². The minimum atomic E-state index is -0.0952. The highest BCUT2D eigenvalue weighted by Crippen LogP contribution is 2.28. The molecule has 0 bridgehead atoms. The van der Waals surface area contributed by atoms with Gasteiger partial charge in [0, 0.05) is 12.0 Å². The van der Waals surface area contributed by atoms with Gasteiger partial charge in [0.25, 0.3) is 0 Å². The van der Waals surface area contributed by atoms with Crippen LogP contribution < -0.4 is 11.1 Å². The molecule has 100 valence electrons.